The van der Waals surface area contributed by atoms with Crippen LogP contribution < -0.4 is 10.6 Å². The number of carboxylic acids is 2. The van der Waals surface area contributed by atoms with E-state index in [1.54, 1.807) is 6.92 Å². The van der Waals surface area contributed by atoms with Crippen molar-refractivity contribution in [2.24, 2.45) is 0 Å². The van der Waals surface area contributed by atoms with Crippen molar-refractivity contribution < 1.29 is 29.4 Å². The van der Waals surface area contributed by atoms with E-state index in [4.69, 9.17) is 10.2 Å². The number of likely N-dealkylation sites (tertiary alicyclic amines) is 1. The maximum absolute atomic E-state index is 12.6. The molecule has 0 aromatic carbocycles. The third-order valence-corrected chi connectivity index (χ3v) is 4.21. The number of carbonyl (C=O) groups excluding carboxylic acids is 2. The second kappa shape index (κ2) is 8.62. The van der Waals surface area contributed by atoms with Gasteiger partial charge in [0.2, 0.25) is 11.8 Å². The lowest BCUT2D eigenvalue weighted by Gasteiger charge is -2.35. The number of aliphatic carboxylic acids is 2. The number of carbonyl (C=O) groups is 4. The highest BCUT2D eigenvalue weighted by molar-refractivity contribution is 5.94. The Hall–Kier alpha value is -2.16. The van der Waals surface area contributed by atoms with Gasteiger partial charge in [0.05, 0.1) is 6.54 Å². The topological polar surface area (TPSA) is 136 Å². The number of amides is 2. The zero-order chi connectivity index (χ0) is 18.3. The molecule has 9 heteroatoms. The number of carboxylic acid groups (broad SMARTS) is 2. The molecule has 4 N–H and O–H groups in total. The highest BCUT2D eigenvalue weighted by Gasteiger charge is 2.46. The normalized spacial score (nSPS) is 21.3. The highest BCUT2D eigenvalue weighted by atomic mass is 16.4. The Kier molecular flexibility index (Phi) is 7.15. The van der Waals surface area contributed by atoms with Crippen LogP contribution in [0.25, 0.3) is 0 Å². The minimum Gasteiger partial charge on any atom is -0.481 e. The fourth-order valence-corrected chi connectivity index (χ4v) is 2.77. The Bertz CT molecular complexity index is 509. The number of likely N-dealkylation sites (N-methyl/N-ethyl adjacent to an activating group) is 1. The molecule has 1 aliphatic heterocycles. The van der Waals surface area contributed by atoms with Crippen molar-refractivity contribution in [3.05, 3.63) is 0 Å². The van der Waals surface area contributed by atoms with E-state index in [0.717, 1.165) is 0 Å². The van der Waals surface area contributed by atoms with Crippen LogP contribution in [0, 0.1) is 0 Å². The first kappa shape index (κ1) is 19.9. The van der Waals surface area contributed by atoms with Gasteiger partial charge in [-0.15, -0.1) is 0 Å². The summed E-state index contributed by atoms with van der Waals surface area (Å²) in [6.07, 6.45) is 0.505. The third kappa shape index (κ3) is 4.92. The van der Waals surface area contributed by atoms with Gasteiger partial charge < -0.3 is 25.7 Å². The molecule has 0 spiro atoms. The van der Waals surface area contributed by atoms with E-state index in [1.165, 1.54) is 4.90 Å². The molecular weight excluding hydrogens is 318 g/mol. The molecule has 0 aromatic rings. The summed E-state index contributed by atoms with van der Waals surface area (Å²) in [7, 11) is 0. The number of nitrogens with one attached hydrogen (secondary N) is 2. The smallest absolute Gasteiger partial charge is 0.326 e. The molecule has 1 saturated heterocycles. The van der Waals surface area contributed by atoms with Crippen LogP contribution in [-0.4, -0.2) is 70.1 Å². The van der Waals surface area contributed by atoms with Gasteiger partial charge in [-0.3, -0.25) is 14.4 Å². The minimum absolute atomic E-state index is 0.112. The van der Waals surface area contributed by atoms with E-state index in [9.17, 15) is 19.2 Å². The molecule has 0 saturated carbocycles. The van der Waals surface area contributed by atoms with Crippen molar-refractivity contribution in [3.8, 4) is 0 Å². The number of rotatable bonds is 9. The van der Waals surface area contributed by atoms with E-state index in [2.05, 4.69) is 10.6 Å². The van der Waals surface area contributed by atoms with Crippen molar-refractivity contribution >= 4 is 23.8 Å². The molecule has 2 atom stereocenters. The standard InChI is InChI=1S/C15H25N3O6/c1-3-16-9-11(19)18-8-4-7-15(18,2)14(24)17-10(13(22)23)5-6-12(20)21/h10,16H,3-9H2,1-2H3,(H,17,24)(H,20,21)(H,22,23)/t10-,15?/m0/s1. The minimum atomic E-state index is -1.29. The summed E-state index contributed by atoms with van der Waals surface area (Å²) in [4.78, 5) is 48.1. The van der Waals surface area contributed by atoms with Crippen LogP contribution in [0.1, 0.15) is 39.5 Å². The summed E-state index contributed by atoms with van der Waals surface area (Å²) in [5, 5.41) is 23.1. The van der Waals surface area contributed by atoms with Gasteiger partial charge in [-0.25, -0.2) is 4.79 Å². The van der Waals surface area contributed by atoms with Gasteiger partial charge >= 0.3 is 11.9 Å². The fraction of sp³-hybridized carbons (Fsp3) is 0.733. The van der Waals surface area contributed by atoms with Crippen LogP contribution >= 0.6 is 0 Å². The zero-order valence-corrected chi connectivity index (χ0v) is 14.0. The highest BCUT2D eigenvalue weighted by Crippen LogP contribution is 2.29. The molecule has 1 heterocycles. The molecule has 1 unspecified atom stereocenters. The Labute approximate surface area is 140 Å². The average Bonchev–Trinajstić information content (AvgIpc) is 2.91. The Morgan fingerprint density at radius 3 is 2.46 bits per heavy atom. The van der Waals surface area contributed by atoms with Crippen molar-refractivity contribution in [1.82, 2.24) is 15.5 Å². The van der Waals surface area contributed by atoms with E-state index >= 15 is 0 Å². The summed E-state index contributed by atoms with van der Waals surface area (Å²) in [6.45, 7) is 4.64. The first-order valence-electron chi connectivity index (χ1n) is 7.99. The van der Waals surface area contributed by atoms with E-state index in [-0.39, 0.29) is 25.3 Å². The summed E-state index contributed by atoms with van der Waals surface area (Å²) < 4.78 is 0. The van der Waals surface area contributed by atoms with Crippen LogP contribution in [0.3, 0.4) is 0 Å². The first-order valence-corrected chi connectivity index (χ1v) is 7.99. The van der Waals surface area contributed by atoms with Gasteiger partial charge in [-0.1, -0.05) is 6.92 Å². The SMILES string of the molecule is CCNCC(=O)N1CCCC1(C)C(=O)N[C@@H](CCC(=O)O)C(=O)O. The quantitative estimate of drug-likeness (QED) is 0.439. The second-order valence-corrected chi connectivity index (χ2v) is 6.00. The lowest BCUT2D eigenvalue weighted by Crippen LogP contribution is -2.59. The molecule has 1 fully saturated rings. The molecule has 136 valence electrons. The Morgan fingerprint density at radius 2 is 1.92 bits per heavy atom. The fourth-order valence-electron chi connectivity index (χ4n) is 2.77. The number of nitrogens with zero attached hydrogens (tertiary/aromatic N) is 1. The number of hydrogen-bond donors (Lipinski definition) is 4. The average molecular weight is 343 g/mol. The van der Waals surface area contributed by atoms with Gasteiger partial charge in [-0.2, -0.15) is 0 Å². The van der Waals surface area contributed by atoms with E-state index < -0.39 is 29.4 Å². The molecule has 0 aromatic heterocycles. The van der Waals surface area contributed by atoms with Gasteiger partial charge in [0.25, 0.3) is 0 Å². The summed E-state index contributed by atoms with van der Waals surface area (Å²) in [5.74, 6) is -3.21. The van der Waals surface area contributed by atoms with Crippen LogP contribution in [0.2, 0.25) is 0 Å². The molecule has 1 rings (SSSR count). The summed E-state index contributed by atoms with van der Waals surface area (Å²) >= 11 is 0. The first-order chi connectivity index (χ1) is 11.2. The third-order valence-electron chi connectivity index (χ3n) is 4.21. The predicted octanol–water partition coefficient (Wildman–Crippen LogP) is -0.589. The van der Waals surface area contributed by atoms with Gasteiger partial charge in [-0.05, 0) is 32.7 Å². The van der Waals surface area contributed by atoms with Gasteiger partial charge in [0.1, 0.15) is 11.6 Å². The van der Waals surface area contributed by atoms with Crippen LogP contribution in [0.4, 0.5) is 0 Å². The Balaban J connectivity index is 2.79. The van der Waals surface area contributed by atoms with Crippen molar-refractivity contribution in [3.63, 3.8) is 0 Å². The summed E-state index contributed by atoms with van der Waals surface area (Å²) in [5.41, 5.74) is -1.12. The van der Waals surface area contributed by atoms with Gasteiger partial charge in [0, 0.05) is 13.0 Å². The number of hydrogen-bond acceptors (Lipinski definition) is 5. The molecule has 0 bridgehead atoms. The van der Waals surface area contributed by atoms with Crippen LogP contribution in [0.15, 0.2) is 0 Å². The zero-order valence-electron chi connectivity index (χ0n) is 14.0. The van der Waals surface area contributed by atoms with Gasteiger partial charge in [0.15, 0.2) is 0 Å². The van der Waals surface area contributed by atoms with Crippen molar-refractivity contribution in [2.45, 2.75) is 51.1 Å². The molecule has 0 aliphatic carbocycles. The molecule has 2 amide bonds. The second-order valence-electron chi connectivity index (χ2n) is 6.00. The summed E-state index contributed by atoms with van der Waals surface area (Å²) in [6, 6.07) is -1.29. The maximum atomic E-state index is 12.6. The Morgan fingerprint density at radius 1 is 1.25 bits per heavy atom. The molecular formula is C15H25N3O6. The van der Waals surface area contributed by atoms with E-state index in [0.29, 0.717) is 25.9 Å². The monoisotopic (exact) mass is 343 g/mol. The lowest BCUT2D eigenvalue weighted by molar-refractivity contribution is -0.147. The maximum Gasteiger partial charge on any atom is 0.326 e. The van der Waals surface area contributed by atoms with Crippen LogP contribution in [-0.2, 0) is 19.2 Å². The molecule has 9 nitrogen and oxygen atoms in total. The van der Waals surface area contributed by atoms with Crippen LogP contribution in [0.5, 0.6) is 0 Å². The largest absolute Gasteiger partial charge is 0.481 e. The molecule has 24 heavy (non-hydrogen) atoms. The molecule has 0 radical (unpaired) electrons. The van der Waals surface area contributed by atoms with Crippen molar-refractivity contribution in [2.75, 3.05) is 19.6 Å². The predicted molar refractivity (Wildman–Crippen MR) is 84.3 cm³/mol. The lowest BCUT2D eigenvalue weighted by atomic mass is 9.96. The molecule has 1 aliphatic rings. The van der Waals surface area contributed by atoms with E-state index in [1.807, 2.05) is 6.92 Å². The van der Waals surface area contributed by atoms with Crippen molar-refractivity contribution in [1.29, 1.82) is 0 Å².